The number of likely N-dealkylation sites (N-methyl/N-ethyl adjacent to an activating group) is 1. The third-order valence-electron chi connectivity index (χ3n) is 1.16. The molecule has 0 aliphatic rings. The summed E-state index contributed by atoms with van der Waals surface area (Å²) in [6, 6.07) is -1.02. The van der Waals surface area contributed by atoms with Crippen LogP contribution in [0.2, 0.25) is 0 Å². The summed E-state index contributed by atoms with van der Waals surface area (Å²) in [5.41, 5.74) is 0. The molecule has 0 atom stereocenters. The van der Waals surface area contributed by atoms with Gasteiger partial charge in [0.05, 0.1) is 14.2 Å². The van der Waals surface area contributed by atoms with E-state index in [9.17, 15) is 9.59 Å². The van der Waals surface area contributed by atoms with Gasteiger partial charge in [0.25, 0.3) is 0 Å². The number of esters is 2. The van der Waals surface area contributed by atoms with Gasteiger partial charge in [0.2, 0.25) is 6.04 Å². The van der Waals surface area contributed by atoms with E-state index in [4.69, 9.17) is 0 Å². The third kappa shape index (κ3) is 3.75. The SMILES string of the molecule is CNC(C(=O)OC)C(=O)OC.[V]. The number of carbonyl (C=O) groups excluding carboxylic acids is 2. The summed E-state index contributed by atoms with van der Waals surface area (Å²) in [5, 5.41) is 2.45. The van der Waals surface area contributed by atoms with Crippen LogP contribution in [0.4, 0.5) is 0 Å². The summed E-state index contributed by atoms with van der Waals surface area (Å²) < 4.78 is 8.65. The van der Waals surface area contributed by atoms with E-state index >= 15 is 0 Å². The van der Waals surface area contributed by atoms with Crippen LogP contribution in [0.3, 0.4) is 0 Å². The maximum atomic E-state index is 10.8. The first-order chi connectivity index (χ1) is 5.17. The van der Waals surface area contributed by atoms with E-state index in [1.807, 2.05) is 0 Å². The van der Waals surface area contributed by atoms with Crippen molar-refractivity contribution in [1.29, 1.82) is 0 Å². The topological polar surface area (TPSA) is 64.6 Å². The molecule has 0 aromatic heterocycles. The molecule has 1 radical (unpaired) electrons. The van der Waals surface area contributed by atoms with Gasteiger partial charge in [-0.3, -0.25) is 5.32 Å². The van der Waals surface area contributed by atoms with Crippen molar-refractivity contribution in [2.45, 2.75) is 6.04 Å². The van der Waals surface area contributed by atoms with Gasteiger partial charge in [0, 0.05) is 18.6 Å². The molecule has 0 amide bonds. The van der Waals surface area contributed by atoms with Crippen LogP contribution in [0, 0.1) is 0 Å². The minimum absolute atomic E-state index is 0. The Kier molecular flexibility index (Phi) is 8.36. The standard InChI is InChI=1S/C6H11NO4.V/c1-7-4(5(8)10-2)6(9)11-3;/h4,7H,1-3H3;. The molecule has 0 aliphatic carbocycles. The van der Waals surface area contributed by atoms with E-state index in [0.29, 0.717) is 0 Å². The van der Waals surface area contributed by atoms with Crippen LogP contribution in [0.25, 0.3) is 0 Å². The Morgan fingerprint density at radius 2 is 1.50 bits per heavy atom. The summed E-state index contributed by atoms with van der Waals surface area (Å²) in [6.07, 6.45) is 0. The van der Waals surface area contributed by atoms with Gasteiger partial charge < -0.3 is 9.47 Å². The molecule has 0 aromatic rings. The summed E-state index contributed by atoms with van der Waals surface area (Å²) in [6.45, 7) is 0. The normalized spacial score (nSPS) is 8.67. The Morgan fingerprint density at radius 1 is 1.17 bits per heavy atom. The van der Waals surface area contributed by atoms with E-state index in [1.54, 1.807) is 0 Å². The van der Waals surface area contributed by atoms with Gasteiger partial charge in [-0.1, -0.05) is 0 Å². The van der Waals surface area contributed by atoms with Crippen molar-refractivity contribution in [1.82, 2.24) is 5.32 Å². The zero-order chi connectivity index (χ0) is 8.85. The van der Waals surface area contributed by atoms with E-state index < -0.39 is 18.0 Å². The van der Waals surface area contributed by atoms with Gasteiger partial charge in [-0.25, -0.2) is 9.59 Å². The Hall–Kier alpha value is -0.516. The van der Waals surface area contributed by atoms with Crippen molar-refractivity contribution in [2.75, 3.05) is 21.3 Å². The fourth-order valence-corrected chi connectivity index (χ4v) is 0.568. The minimum Gasteiger partial charge on any atom is -0.467 e. The fraction of sp³-hybridized carbons (Fsp3) is 0.667. The first-order valence-electron chi connectivity index (χ1n) is 3.00. The molecule has 0 bridgehead atoms. The molecule has 0 aliphatic heterocycles. The Morgan fingerprint density at radius 3 is 1.67 bits per heavy atom. The summed E-state index contributed by atoms with van der Waals surface area (Å²) in [7, 11) is 3.88. The average molecular weight is 212 g/mol. The average Bonchev–Trinajstić information content (AvgIpc) is 2.05. The molecule has 0 rings (SSSR count). The summed E-state index contributed by atoms with van der Waals surface area (Å²) >= 11 is 0. The van der Waals surface area contributed by atoms with Crippen LogP contribution in [0.15, 0.2) is 0 Å². The number of methoxy groups -OCH3 is 2. The fourth-order valence-electron chi connectivity index (χ4n) is 0.568. The molecule has 0 fully saturated rings. The molecule has 0 saturated heterocycles. The second-order valence-corrected chi connectivity index (χ2v) is 1.77. The maximum absolute atomic E-state index is 10.8. The number of nitrogens with one attached hydrogen (secondary N) is 1. The monoisotopic (exact) mass is 212 g/mol. The number of carbonyl (C=O) groups is 2. The van der Waals surface area contributed by atoms with Gasteiger partial charge in [-0.05, 0) is 7.05 Å². The molecule has 0 heterocycles. The largest absolute Gasteiger partial charge is 0.467 e. The van der Waals surface area contributed by atoms with Crippen LogP contribution in [0.1, 0.15) is 0 Å². The number of hydrogen-bond acceptors (Lipinski definition) is 5. The van der Waals surface area contributed by atoms with Gasteiger partial charge in [0.1, 0.15) is 0 Å². The molecule has 69 valence electrons. The van der Waals surface area contributed by atoms with Crippen molar-refractivity contribution in [3.8, 4) is 0 Å². The third-order valence-corrected chi connectivity index (χ3v) is 1.16. The van der Waals surface area contributed by atoms with E-state index in [-0.39, 0.29) is 18.6 Å². The number of hydrogen-bond donors (Lipinski definition) is 1. The quantitative estimate of drug-likeness (QED) is 0.476. The molecule has 1 N–H and O–H groups in total. The van der Waals surface area contributed by atoms with E-state index in [2.05, 4.69) is 14.8 Å². The van der Waals surface area contributed by atoms with Gasteiger partial charge in [0.15, 0.2) is 0 Å². The zero-order valence-electron chi connectivity index (χ0n) is 7.16. The van der Waals surface area contributed by atoms with Crippen molar-refractivity contribution in [2.24, 2.45) is 0 Å². The Balaban J connectivity index is 0. The van der Waals surface area contributed by atoms with E-state index in [0.717, 1.165) is 0 Å². The van der Waals surface area contributed by atoms with Crippen LogP contribution in [-0.4, -0.2) is 39.2 Å². The van der Waals surface area contributed by atoms with Crippen molar-refractivity contribution in [3.05, 3.63) is 0 Å². The molecule has 6 heteroatoms. The zero-order valence-corrected chi connectivity index (χ0v) is 8.55. The van der Waals surface area contributed by atoms with Crippen molar-refractivity contribution < 1.29 is 37.6 Å². The predicted octanol–water partition coefficient (Wildman–Crippen LogP) is -1.08. The first kappa shape index (κ1) is 14.0. The van der Waals surface area contributed by atoms with Gasteiger partial charge >= 0.3 is 11.9 Å². The second kappa shape index (κ2) is 7.15. The molecule has 0 unspecified atom stereocenters. The van der Waals surface area contributed by atoms with Gasteiger partial charge in [-0.2, -0.15) is 0 Å². The molecule has 0 spiro atoms. The molecule has 12 heavy (non-hydrogen) atoms. The summed E-state index contributed by atoms with van der Waals surface area (Å²) in [4.78, 5) is 21.5. The van der Waals surface area contributed by atoms with Crippen molar-refractivity contribution in [3.63, 3.8) is 0 Å². The molecular weight excluding hydrogens is 201 g/mol. The molecule has 0 saturated carbocycles. The second-order valence-electron chi connectivity index (χ2n) is 1.77. The minimum atomic E-state index is -1.02. The van der Waals surface area contributed by atoms with Crippen LogP contribution < -0.4 is 5.32 Å². The first-order valence-corrected chi connectivity index (χ1v) is 3.00. The molecule has 0 aromatic carbocycles. The maximum Gasteiger partial charge on any atom is 0.334 e. The van der Waals surface area contributed by atoms with Crippen molar-refractivity contribution >= 4 is 11.9 Å². The Labute approximate surface area is 82.7 Å². The number of rotatable bonds is 3. The summed E-state index contributed by atoms with van der Waals surface area (Å²) in [5.74, 6) is -1.31. The molecule has 5 nitrogen and oxygen atoms in total. The van der Waals surface area contributed by atoms with Crippen LogP contribution >= 0.6 is 0 Å². The smallest absolute Gasteiger partial charge is 0.334 e. The van der Waals surface area contributed by atoms with Crippen LogP contribution in [0.5, 0.6) is 0 Å². The van der Waals surface area contributed by atoms with Gasteiger partial charge in [-0.15, -0.1) is 0 Å². The molecular formula is C6H11NO4V. The van der Waals surface area contributed by atoms with Crippen LogP contribution in [-0.2, 0) is 37.6 Å². The van der Waals surface area contributed by atoms with E-state index in [1.165, 1.54) is 21.3 Å². The predicted molar refractivity (Wildman–Crippen MR) is 36.9 cm³/mol. The Bertz CT molecular complexity index is 146. The number of ether oxygens (including phenoxy) is 2.